The highest BCUT2D eigenvalue weighted by Crippen LogP contribution is 2.40. The molecular weight excluding hydrogens is 476 g/mol. The summed E-state index contributed by atoms with van der Waals surface area (Å²) in [5.41, 5.74) is 1.53. The molecule has 0 aliphatic heterocycles. The third kappa shape index (κ3) is 5.39. The molecular formula is C23H26N4O3S3. The van der Waals surface area contributed by atoms with Crippen molar-refractivity contribution in [2.75, 3.05) is 18.2 Å². The second kappa shape index (κ2) is 10.7. The fourth-order valence-corrected chi connectivity index (χ4v) is 6.77. The topological polar surface area (TPSA) is 86.1 Å². The average Bonchev–Trinajstić information content (AvgIpc) is 3.52. The smallest absolute Gasteiger partial charge is 0.341 e. The number of aromatic nitrogens is 3. The van der Waals surface area contributed by atoms with Gasteiger partial charge in [0.15, 0.2) is 5.16 Å². The van der Waals surface area contributed by atoms with Gasteiger partial charge in [0.25, 0.3) is 0 Å². The number of methoxy groups -OCH3 is 1. The second-order valence-electron chi connectivity index (χ2n) is 7.94. The molecule has 1 N–H and O–H groups in total. The lowest BCUT2D eigenvalue weighted by Crippen LogP contribution is -2.17. The summed E-state index contributed by atoms with van der Waals surface area (Å²) in [6, 6.07) is 4.08. The molecule has 174 valence electrons. The van der Waals surface area contributed by atoms with Gasteiger partial charge in [0.05, 0.1) is 18.4 Å². The normalized spacial score (nSPS) is 15.2. The van der Waals surface area contributed by atoms with E-state index in [-0.39, 0.29) is 11.7 Å². The third-order valence-electron chi connectivity index (χ3n) is 5.50. The maximum Gasteiger partial charge on any atom is 0.341 e. The zero-order valence-corrected chi connectivity index (χ0v) is 21.1. The number of hydrogen-bond donors (Lipinski definition) is 1. The van der Waals surface area contributed by atoms with Gasteiger partial charge < -0.3 is 14.6 Å². The first-order chi connectivity index (χ1) is 16.0. The summed E-state index contributed by atoms with van der Waals surface area (Å²) in [4.78, 5) is 27.6. The maximum atomic E-state index is 12.8. The number of carbonyl (C=O) groups excluding carboxylic acids is 2. The van der Waals surface area contributed by atoms with E-state index in [0.717, 1.165) is 30.7 Å². The molecule has 1 amide bonds. The largest absolute Gasteiger partial charge is 0.465 e. The minimum Gasteiger partial charge on any atom is -0.465 e. The van der Waals surface area contributed by atoms with E-state index >= 15 is 0 Å². The standard InChI is InChI=1S/C23H26N4O3S3/c1-4-9-27-18(12-15-6-5-10-31-15)25-26-23(27)32-13-19(28)24-21-20(22(29)30-3)16-8-7-14(2)11-17(16)33-21/h4-6,10,14H,1,7-9,11-13H2,2-3H3,(H,24,28). The summed E-state index contributed by atoms with van der Waals surface area (Å²) >= 11 is 4.49. The number of fused-ring (bicyclic) bond motifs is 1. The quantitative estimate of drug-likeness (QED) is 0.256. The van der Waals surface area contributed by atoms with Gasteiger partial charge in [-0.05, 0) is 42.2 Å². The van der Waals surface area contributed by atoms with Gasteiger partial charge in [0.2, 0.25) is 5.91 Å². The summed E-state index contributed by atoms with van der Waals surface area (Å²) in [7, 11) is 1.37. The van der Waals surface area contributed by atoms with Gasteiger partial charge in [-0.3, -0.25) is 4.79 Å². The number of esters is 1. The third-order valence-corrected chi connectivity index (χ3v) is 8.52. The molecule has 10 heteroatoms. The Bertz CT molecular complexity index is 1150. The van der Waals surface area contributed by atoms with E-state index in [4.69, 9.17) is 4.74 Å². The fourth-order valence-electron chi connectivity index (χ4n) is 3.89. The number of thioether (sulfide) groups is 1. The first-order valence-corrected chi connectivity index (χ1v) is 13.4. The molecule has 0 bridgehead atoms. The van der Waals surface area contributed by atoms with Gasteiger partial charge in [-0.25, -0.2) is 4.79 Å². The number of anilines is 1. The summed E-state index contributed by atoms with van der Waals surface area (Å²) < 4.78 is 6.99. The van der Waals surface area contributed by atoms with Crippen LogP contribution < -0.4 is 5.32 Å². The van der Waals surface area contributed by atoms with Crippen LogP contribution in [0.3, 0.4) is 0 Å². The van der Waals surface area contributed by atoms with Crippen LogP contribution >= 0.6 is 34.4 Å². The van der Waals surface area contributed by atoms with Crippen LogP contribution in [0.15, 0.2) is 35.3 Å². The molecule has 0 radical (unpaired) electrons. The van der Waals surface area contributed by atoms with Crippen LogP contribution in [0.5, 0.6) is 0 Å². The Labute approximate surface area is 205 Å². The summed E-state index contributed by atoms with van der Waals surface area (Å²) in [5.74, 6) is 0.987. The molecule has 1 atom stereocenters. The number of thiophene rings is 2. The number of nitrogens with one attached hydrogen (secondary N) is 1. The number of rotatable bonds is 9. The molecule has 0 fully saturated rings. The van der Waals surface area contributed by atoms with Gasteiger partial charge in [-0.1, -0.05) is 30.8 Å². The van der Waals surface area contributed by atoms with E-state index in [9.17, 15) is 9.59 Å². The average molecular weight is 503 g/mol. The molecule has 7 nitrogen and oxygen atoms in total. The Morgan fingerprint density at radius 1 is 1.42 bits per heavy atom. The highest BCUT2D eigenvalue weighted by molar-refractivity contribution is 7.99. The van der Waals surface area contributed by atoms with Crippen molar-refractivity contribution < 1.29 is 14.3 Å². The van der Waals surface area contributed by atoms with E-state index in [1.807, 2.05) is 16.0 Å². The molecule has 33 heavy (non-hydrogen) atoms. The molecule has 0 aromatic carbocycles. The first kappa shape index (κ1) is 23.7. The SMILES string of the molecule is C=CCn1c(Cc2cccs2)nnc1SCC(=O)Nc1sc2c(c1C(=O)OC)CCC(C)C2. The second-order valence-corrected chi connectivity index (χ2v) is 11.0. The molecule has 0 saturated carbocycles. The number of amides is 1. The van der Waals surface area contributed by atoms with Gasteiger partial charge in [-0.15, -0.1) is 39.4 Å². The summed E-state index contributed by atoms with van der Waals surface area (Å²) in [6.07, 6.45) is 5.27. The molecule has 4 rings (SSSR count). The van der Waals surface area contributed by atoms with Crippen molar-refractivity contribution >= 4 is 51.3 Å². The van der Waals surface area contributed by atoms with Crippen molar-refractivity contribution in [2.24, 2.45) is 5.92 Å². The number of ether oxygens (including phenoxy) is 1. The molecule has 1 aliphatic rings. The van der Waals surface area contributed by atoms with Crippen LogP contribution in [0, 0.1) is 5.92 Å². The van der Waals surface area contributed by atoms with Crippen molar-refractivity contribution in [1.29, 1.82) is 0 Å². The fraction of sp³-hybridized carbons (Fsp3) is 0.391. The van der Waals surface area contributed by atoms with Crippen molar-refractivity contribution in [3.63, 3.8) is 0 Å². The molecule has 3 heterocycles. The van der Waals surface area contributed by atoms with Crippen LogP contribution in [0.1, 0.15) is 44.8 Å². The van der Waals surface area contributed by atoms with Gasteiger partial charge in [-0.2, -0.15) is 0 Å². The Balaban J connectivity index is 1.46. The highest BCUT2D eigenvalue weighted by atomic mass is 32.2. The van der Waals surface area contributed by atoms with Crippen molar-refractivity contribution in [3.05, 3.63) is 56.9 Å². The molecule has 0 saturated heterocycles. The predicted octanol–water partition coefficient (Wildman–Crippen LogP) is 4.82. The Morgan fingerprint density at radius 3 is 3.00 bits per heavy atom. The maximum absolute atomic E-state index is 12.8. The van der Waals surface area contributed by atoms with Gasteiger partial charge in [0.1, 0.15) is 10.8 Å². The molecule has 1 unspecified atom stereocenters. The van der Waals surface area contributed by atoms with Crippen LogP contribution in [0.2, 0.25) is 0 Å². The molecule has 3 aromatic heterocycles. The lowest BCUT2D eigenvalue weighted by atomic mass is 9.88. The minimum atomic E-state index is -0.394. The number of nitrogens with zero attached hydrogens (tertiary/aromatic N) is 3. The van der Waals surface area contributed by atoms with Crippen molar-refractivity contribution in [1.82, 2.24) is 14.8 Å². The van der Waals surface area contributed by atoms with Gasteiger partial charge >= 0.3 is 5.97 Å². The van der Waals surface area contributed by atoms with Crippen molar-refractivity contribution in [3.8, 4) is 0 Å². The monoisotopic (exact) mass is 502 g/mol. The van der Waals surface area contributed by atoms with E-state index in [2.05, 4.69) is 35.1 Å². The minimum absolute atomic E-state index is 0.161. The Hall–Kier alpha value is -2.43. The van der Waals surface area contributed by atoms with Gasteiger partial charge in [0, 0.05) is 22.7 Å². The zero-order chi connectivity index (χ0) is 23.4. The van der Waals surface area contributed by atoms with Crippen LogP contribution in [0.4, 0.5) is 5.00 Å². The predicted molar refractivity (Wildman–Crippen MR) is 134 cm³/mol. The van der Waals surface area contributed by atoms with Crippen LogP contribution in [0.25, 0.3) is 0 Å². The molecule has 3 aromatic rings. The number of allylic oxidation sites excluding steroid dienone is 1. The van der Waals surface area contributed by atoms with Crippen LogP contribution in [-0.2, 0) is 35.3 Å². The Kier molecular flexibility index (Phi) is 7.67. The lowest BCUT2D eigenvalue weighted by Gasteiger charge is -2.18. The summed E-state index contributed by atoms with van der Waals surface area (Å²) in [5, 5.41) is 14.9. The van der Waals surface area contributed by atoms with E-state index < -0.39 is 5.97 Å². The van der Waals surface area contributed by atoms with Crippen LogP contribution in [-0.4, -0.2) is 39.5 Å². The molecule has 1 aliphatic carbocycles. The van der Waals surface area contributed by atoms with E-state index in [1.54, 1.807) is 17.4 Å². The number of hydrogen-bond acceptors (Lipinski definition) is 8. The Morgan fingerprint density at radius 2 is 2.27 bits per heavy atom. The number of carbonyl (C=O) groups is 2. The van der Waals surface area contributed by atoms with Crippen molar-refractivity contribution in [2.45, 2.75) is 44.3 Å². The molecule has 0 spiro atoms. The summed E-state index contributed by atoms with van der Waals surface area (Å²) in [6.45, 7) is 6.61. The van der Waals surface area contributed by atoms with E-state index in [1.165, 1.54) is 40.0 Å². The first-order valence-electron chi connectivity index (χ1n) is 10.7. The zero-order valence-electron chi connectivity index (χ0n) is 18.6. The lowest BCUT2D eigenvalue weighted by molar-refractivity contribution is -0.113. The van der Waals surface area contributed by atoms with E-state index in [0.29, 0.717) is 34.6 Å². The highest BCUT2D eigenvalue weighted by Gasteiger charge is 2.29.